The highest BCUT2D eigenvalue weighted by Gasteiger charge is 2.22. The van der Waals surface area contributed by atoms with Crippen molar-refractivity contribution in [2.75, 3.05) is 17.2 Å². The van der Waals surface area contributed by atoms with Gasteiger partial charge in [-0.2, -0.15) is 0 Å². The van der Waals surface area contributed by atoms with Crippen LogP contribution in [0.1, 0.15) is 49.4 Å². The van der Waals surface area contributed by atoms with Gasteiger partial charge in [0.1, 0.15) is 18.2 Å². The summed E-state index contributed by atoms with van der Waals surface area (Å²) in [7, 11) is 0. The topological polar surface area (TPSA) is 123 Å². The summed E-state index contributed by atoms with van der Waals surface area (Å²) in [6, 6.07) is 7.31. The third-order valence-electron chi connectivity index (χ3n) is 5.28. The number of hydrogen-bond donors (Lipinski definition) is 2. The van der Waals surface area contributed by atoms with Crippen LogP contribution in [0.5, 0.6) is 5.75 Å². The first kappa shape index (κ1) is 26.0. The number of nitrogen functional groups attached to an aromatic ring is 1. The van der Waals surface area contributed by atoms with Crippen molar-refractivity contribution in [3.63, 3.8) is 0 Å². The number of rotatable bonds is 11. The summed E-state index contributed by atoms with van der Waals surface area (Å²) < 4.78 is 7.07. The molecule has 35 heavy (non-hydrogen) atoms. The summed E-state index contributed by atoms with van der Waals surface area (Å²) in [5.41, 5.74) is 6.63. The summed E-state index contributed by atoms with van der Waals surface area (Å²) in [6.07, 6.45) is 5.24. The average molecular weight is 498 g/mol. The summed E-state index contributed by atoms with van der Waals surface area (Å²) in [4.78, 5) is 45.9. The quantitative estimate of drug-likeness (QED) is 0.389. The van der Waals surface area contributed by atoms with E-state index >= 15 is 0 Å². The maximum atomic E-state index is 13.1. The molecule has 1 amide bonds. The number of nitrogens with two attached hydrogens (primary N) is 1. The second kappa shape index (κ2) is 12.2. The molecule has 2 aromatic heterocycles. The van der Waals surface area contributed by atoms with Crippen LogP contribution in [0.4, 0.5) is 11.5 Å². The molecule has 0 saturated heterocycles. The molecule has 0 radical (unpaired) electrons. The maximum absolute atomic E-state index is 13.1. The smallest absolute Gasteiger partial charge is 0.330 e. The molecule has 3 rings (SSSR count). The first-order valence-corrected chi connectivity index (χ1v) is 12.5. The number of anilines is 2. The largest absolute Gasteiger partial charge is 0.487 e. The van der Waals surface area contributed by atoms with Crippen molar-refractivity contribution in [2.24, 2.45) is 0 Å². The Kier molecular flexibility index (Phi) is 9.02. The average Bonchev–Trinajstić information content (AvgIpc) is 3.26. The zero-order valence-corrected chi connectivity index (χ0v) is 21.1. The Labute approximate surface area is 207 Å². The lowest BCUT2D eigenvalue weighted by Crippen LogP contribution is -2.41. The first-order valence-electron chi connectivity index (χ1n) is 11.6. The van der Waals surface area contributed by atoms with Crippen LogP contribution in [0.2, 0.25) is 0 Å². The van der Waals surface area contributed by atoms with Gasteiger partial charge in [0.2, 0.25) is 0 Å². The SMILES string of the molecule is CCCCn1c(N)c(N(CCC)C(=O)/C=C/c2ccc(OCc3csc(C)n3)cc2)c(=O)[nH]c1=O. The van der Waals surface area contributed by atoms with E-state index in [0.717, 1.165) is 29.1 Å². The molecule has 186 valence electrons. The fourth-order valence-electron chi connectivity index (χ4n) is 3.50. The highest BCUT2D eigenvalue weighted by atomic mass is 32.1. The minimum absolute atomic E-state index is 0.000734. The van der Waals surface area contributed by atoms with Crippen molar-refractivity contribution in [3.8, 4) is 5.75 Å². The van der Waals surface area contributed by atoms with E-state index < -0.39 is 17.2 Å². The molecule has 0 aliphatic heterocycles. The van der Waals surface area contributed by atoms with Crippen LogP contribution in [0.25, 0.3) is 6.08 Å². The molecular formula is C25H31N5O4S. The zero-order chi connectivity index (χ0) is 25.4. The number of nitrogens with one attached hydrogen (secondary N) is 1. The van der Waals surface area contributed by atoms with E-state index in [1.165, 1.54) is 15.5 Å². The number of thiazole rings is 1. The number of carbonyl (C=O) groups excluding carboxylic acids is 1. The van der Waals surface area contributed by atoms with E-state index in [9.17, 15) is 14.4 Å². The second-order valence-corrected chi connectivity index (χ2v) is 9.10. The van der Waals surface area contributed by atoms with Crippen LogP contribution in [-0.4, -0.2) is 27.0 Å². The fourth-order valence-corrected chi connectivity index (χ4v) is 4.09. The van der Waals surface area contributed by atoms with Gasteiger partial charge >= 0.3 is 5.69 Å². The summed E-state index contributed by atoms with van der Waals surface area (Å²) in [5.74, 6) is 0.295. The predicted octanol–water partition coefficient (Wildman–Crippen LogP) is 3.72. The standard InChI is InChI=1S/C25H31N5O4S/c1-4-6-14-30-23(26)22(24(32)28-25(30)33)29(13-5-2)21(31)12-9-18-7-10-20(11-8-18)34-15-19-16-35-17(3)27-19/h7-12,16H,4-6,13-15,26H2,1-3H3,(H,28,32,33)/b12-9+. The Balaban J connectivity index is 1.76. The van der Waals surface area contributed by atoms with E-state index in [4.69, 9.17) is 10.5 Å². The second-order valence-electron chi connectivity index (χ2n) is 8.04. The van der Waals surface area contributed by atoms with Crippen LogP contribution >= 0.6 is 11.3 Å². The lowest BCUT2D eigenvalue weighted by atomic mass is 10.2. The van der Waals surface area contributed by atoms with Crippen molar-refractivity contribution in [1.82, 2.24) is 14.5 Å². The summed E-state index contributed by atoms with van der Waals surface area (Å²) in [6.45, 7) is 6.88. The van der Waals surface area contributed by atoms with Gasteiger partial charge < -0.3 is 15.4 Å². The Hall–Kier alpha value is -3.66. The van der Waals surface area contributed by atoms with E-state index in [0.29, 0.717) is 25.3 Å². The van der Waals surface area contributed by atoms with Gasteiger partial charge in [-0.15, -0.1) is 11.3 Å². The summed E-state index contributed by atoms with van der Waals surface area (Å²) in [5, 5.41) is 2.96. The number of aromatic nitrogens is 3. The third kappa shape index (κ3) is 6.69. The van der Waals surface area contributed by atoms with E-state index in [-0.39, 0.29) is 18.1 Å². The van der Waals surface area contributed by atoms with Gasteiger partial charge in [-0.05, 0) is 43.5 Å². The van der Waals surface area contributed by atoms with Crippen molar-refractivity contribution in [3.05, 3.63) is 72.8 Å². The molecule has 0 fully saturated rings. The highest BCUT2D eigenvalue weighted by Crippen LogP contribution is 2.19. The molecule has 0 aliphatic rings. The molecule has 0 spiro atoms. The molecule has 1 aromatic carbocycles. The number of benzene rings is 1. The number of amides is 1. The van der Waals surface area contributed by atoms with Crippen LogP contribution in [0.3, 0.4) is 0 Å². The van der Waals surface area contributed by atoms with Gasteiger partial charge in [0.25, 0.3) is 11.5 Å². The molecule has 0 aliphatic carbocycles. The molecule has 0 saturated carbocycles. The molecular weight excluding hydrogens is 466 g/mol. The van der Waals surface area contributed by atoms with Gasteiger partial charge in [-0.1, -0.05) is 32.4 Å². The van der Waals surface area contributed by atoms with Crippen molar-refractivity contribution >= 4 is 34.8 Å². The number of ether oxygens (including phenoxy) is 1. The van der Waals surface area contributed by atoms with Crippen molar-refractivity contribution in [2.45, 2.75) is 53.2 Å². The van der Waals surface area contributed by atoms with Crippen molar-refractivity contribution in [1.29, 1.82) is 0 Å². The molecule has 3 aromatic rings. The third-order valence-corrected chi connectivity index (χ3v) is 6.11. The fraction of sp³-hybridized carbons (Fsp3) is 0.360. The molecule has 2 heterocycles. The Bertz CT molecular complexity index is 1290. The van der Waals surface area contributed by atoms with Gasteiger partial charge in [-0.25, -0.2) is 9.78 Å². The van der Waals surface area contributed by atoms with E-state index in [1.807, 2.05) is 50.4 Å². The van der Waals surface area contributed by atoms with Crippen LogP contribution in [0, 0.1) is 6.92 Å². The molecule has 9 nitrogen and oxygen atoms in total. The Morgan fingerprint density at radius 3 is 2.60 bits per heavy atom. The number of nitrogens with zero attached hydrogens (tertiary/aromatic N) is 3. The van der Waals surface area contributed by atoms with Crippen LogP contribution in [-0.2, 0) is 17.9 Å². The lowest BCUT2D eigenvalue weighted by molar-refractivity contribution is -0.114. The van der Waals surface area contributed by atoms with Crippen LogP contribution in [0.15, 0.2) is 45.3 Å². The van der Waals surface area contributed by atoms with Gasteiger partial charge in [-0.3, -0.25) is 19.1 Å². The molecule has 0 unspecified atom stereocenters. The molecule has 10 heteroatoms. The monoisotopic (exact) mass is 497 g/mol. The van der Waals surface area contributed by atoms with Crippen LogP contribution < -0.4 is 26.6 Å². The summed E-state index contributed by atoms with van der Waals surface area (Å²) >= 11 is 1.58. The lowest BCUT2D eigenvalue weighted by Gasteiger charge is -2.23. The Morgan fingerprint density at radius 2 is 1.97 bits per heavy atom. The minimum atomic E-state index is -0.674. The maximum Gasteiger partial charge on any atom is 0.330 e. The van der Waals surface area contributed by atoms with Gasteiger partial charge in [0.05, 0.1) is 10.7 Å². The number of carbonyl (C=O) groups is 1. The Morgan fingerprint density at radius 1 is 1.23 bits per heavy atom. The number of aromatic amines is 1. The van der Waals surface area contributed by atoms with Crippen molar-refractivity contribution < 1.29 is 9.53 Å². The normalized spacial score (nSPS) is 11.2. The van der Waals surface area contributed by atoms with E-state index in [1.54, 1.807) is 17.4 Å². The zero-order valence-electron chi connectivity index (χ0n) is 20.2. The van der Waals surface area contributed by atoms with Gasteiger partial charge in [0, 0.05) is 24.5 Å². The number of hydrogen-bond acceptors (Lipinski definition) is 7. The number of aryl methyl sites for hydroxylation is 1. The predicted molar refractivity (Wildman–Crippen MR) is 140 cm³/mol. The van der Waals surface area contributed by atoms with Gasteiger partial charge in [0.15, 0.2) is 5.69 Å². The first-order chi connectivity index (χ1) is 16.8. The molecule has 3 N–H and O–H groups in total. The molecule has 0 bridgehead atoms. The highest BCUT2D eigenvalue weighted by molar-refractivity contribution is 7.09. The number of unbranched alkanes of at least 4 members (excludes halogenated alkanes) is 1. The number of H-pyrrole nitrogens is 1. The molecule has 0 atom stereocenters. The minimum Gasteiger partial charge on any atom is -0.487 e. The van der Waals surface area contributed by atoms with E-state index in [2.05, 4.69) is 9.97 Å².